The van der Waals surface area contributed by atoms with Gasteiger partial charge in [0.05, 0.1) is 0 Å². The zero-order valence-corrected chi connectivity index (χ0v) is 8.84. The molecule has 1 N–H and O–H groups in total. The van der Waals surface area contributed by atoms with E-state index in [0.29, 0.717) is 0 Å². The number of nitrogens with zero attached hydrogens (tertiary/aromatic N) is 2. The van der Waals surface area contributed by atoms with Crippen LogP contribution in [0.15, 0.2) is 5.10 Å². The van der Waals surface area contributed by atoms with Crippen molar-refractivity contribution in [2.24, 2.45) is 5.10 Å². The number of hydrazone groups is 1. The van der Waals surface area contributed by atoms with Crippen LogP contribution in [0.4, 0.5) is 0 Å². The van der Waals surface area contributed by atoms with Crippen LogP contribution in [0.3, 0.4) is 0 Å². The van der Waals surface area contributed by atoms with Gasteiger partial charge in [-0.1, -0.05) is 20.3 Å². The van der Waals surface area contributed by atoms with E-state index in [9.17, 15) is 0 Å². The van der Waals surface area contributed by atoms with Crippen molar-refractivity contribution in [1.29, 1.82) is 0 Å². The molecule has 0 radical (unpaired) electrons. The molecular weight excluding hydrogens is 162 g/mol. The Bertz CT molecular complexity index is 166. The molecule has 1 aliphatic rings. The lowest BCUT2D eigenvalue weighted by molar-refractivity contribution is 0.402. The Kier molecular flexibility index (Phi) is 4.65. The van der Waals surface area contributed by atoms with Crippen molar-refractivity contribution in [3.8, 4) is 0 Å². The highest BCUT2D eigenvalue weighted by Crippen LogP contribution is 2.04. The number of rotatable bonds is 5. The van der Waals surface area contributed by atoms with Gasteiger partial charge in [-0.05, 0) is 12.8 Å². The van der Waals surface area contributed by atoms with Crippen molar-refractivity contribution in [1.82, 2.24) is 10.3 Å². The Balaban J connectivity index is 2.36. The van der Waals surface area contributed by atoms with Gasteiger partial charge in [-0.2, -0.15) is 5.10 Å². The monoisotopic (exact) mass is 183 g/mol. The van der Waals surface area contributed by atoms with Gasteiger partial charge >= 0.3 is 0 Å². The Morgan fingerprint density at radius 1 is 1.31 bits per heavy atom. The lowest BCUT2D eigenvalue weighted by Gasteiger charge is -2.22. The number of hydrogen-bond donors (Lipinski definition) is 1. The van der Waals surface area contributed by atoms with E-state index in [4.69, 9.17) is 0 Å². The fourth-order valence-electron chi connectivity index (χ4n) is 1.59. The van der Waals surface area contributed by atoms with Crippen LogP contribution in [0, 0.1) is 0 Å². The van der Waals surface area contributed by atoms with Crippen LogP contribution in [0.1, 0.15) is 39.5 Å². The summed E-state index contributed by atoms with van der Waals surface area (Å²) in [5.74, 6) is 1.26. The van der Waals surface area contributed by atoms with Crippen LogP contribution in [0.5, 0.6) is 0 Å². The average Bonchev–Trinajstić information content (AvgIpc) is 2.65. The van der Waals surface area contributed by atoms with Crippen LogP contribution >= 0.6 is 0 Å². The Morgan fingerprint density at radius 3 is 2.69 bits per heavy atom. The standard InChI is InChI=1S/C10H21N3/c1-3-5-9-13(8-4-2)10-6-7-11-12-10/h11H,3-9H2,1-2H3. The SMILES string of the molecule is CCCCN(CCC)C1=NNCC1. The first kappa shape index (κ1) is 10.4. The summed E-state index contributed by atoms with van der Waals surface area (Å²) in [6.07, 6.45) is 4.85. The highest BCUT2D eigenvalue weighted by molar-refractivity contribution is 5.83. The molecule has 3 heteroatoms. The molecule has 0 spiro atoms. The highest BCUT2D eigenvalue weighted by atomic mass is 15.4. The van der Waals surface area contributed by atoms with Crippen LogP contribution in [-0.2, 0) is 0 Å². The van der Waals surface area contributed by atoms with Crippen LogP contribution < -0.4 is 5.43 Å². The van der Waals surface area contributed by atoms with Gasteiger partial charge in [-0.3, -0.25) is 0 Å². The third-order valence-corrected chi connectivity index (χ3v) is 2.31. The van der Waals surface area contributed by atoms with E-state index >= 15 is 0 Å². The summed E-state index contributed by atoms with van der Waals surface area (Å²) in [7, 11) is 0. The molecule has 0 aromatic rings. The summed E-state index contributed by atoms with van der Waals surface area (Å²) in [5, 5.41) is 4.30. The van der Waals surface area contributed by atoms with Crippen molar-refractivity contribution in [3.05, 3.63) is 0 Å². The topological polar surface area (TPSA) is 27.6 Å². The van der Waals surface area contributed by atoms with E-state index in [0.717, 1.165) is 19.5 Å². The number of amidine groups is 1. The summed E-state index contributed by atoms with van der Waals surface area (Å²) in [5.41, 5.74) is 3.03. The van der Waals surface area contributed by atoms with E-state index < -0.39 is 0 Å². The molecular formula is C10H21N3. The first-order valence-corrected chi connectivity index (χ1v) is 5.42. The van der Waals surface area contributed by atoms with Crippen LogP contribution in [0.25, 0.3) is 0 Å². The molecule has 0 amide bonds. The molecule has 0 saturated heterocycles. The molecule has 1 heterocycles. The van der Waals surface area contributed by atoms with Crippen molar-refractivity contribution in [2.45, 2.75) is 39.5 Å². The minimum Gasteiger partial charge on any atom is -0.359 e. The normalized spacial score (nSPS) is 15.4. The van der Waals surface area contributed by atoms with Gasteiger partial charge in [-0.15, -0.1) is 0 Å². The van der Waals surface area contributed by atoms with Gasteiger partial charge in [0.15, 0.2) is 0 Å². The van der Waals surface area contributed by atoms with E-state index in [-0.39, 0.29) is 0 Å². The van der Waals surface area contributed by atoms with E-state index in [1.165, 1.54) is 31.6 Å². The quantitative estimate of drug-likeness (QED) is 0.704. The van der Waals surface area contributed by atoms with Gasteiger partial charge in [0, 0.05) is 26.1 Å². The summed E-state index contributed by atoms with van der Waals surface area (Å²) < 4.78 is 0. The largest absolute Gasteiger partial charge is 0.359 e. The highest BCUT2D eigenvalue weighted by Gasteiger charge is 2.13. The van der Waals surface area contributed by atoms with Gasteiger partial charge in [-0.25, -0.2) is 0 Å². The van der Waals surface area contributed by atoms with Crippen molar-refractivity contribution in [3.63, 3.8) is 0 Å². The average molecular weight is 183 g/mol. The van der Waals surface area contributed by atoms with Gasteiger partial charge in [0.25, 0.3) is 0 Å². The minimum absolute atomic E-state index is 1.02. The first-order chi connectivity index (χ1) is 6.38. The zero-order chi connectivity index (χ0) is 9.52. The molecule has 0 aliphatic carbocycles. The van der Waals surface area contributed by atoms with E-state index in [1.54, 1.807) is 0 Å². The van der Waals surface area contributed by atoms with Crippen molar-refractivity contribution in [2.75, 3.05) is 19.6 Å². The smallest absolute Gasteiger partial charge is 0.126 e. The van der Waals surface area contributed by atoms with Crippen molar-refractivity contribution < 1.29 is 0 Å². The molecule has 76 valence electrons. The molecule has 1 aliphatic heterocycles. The Morgan fingerprint density at radius 2 is 2.15 bits per heavy atom. The number of unbranched alkanes of at least 4 members (excludes halogenated alkanes) is 1. The molecule has 0 fully saturated rings. The van der Waals surface area contributed by atoms with E-state index in [2.05, 4.69) is 29.3 Å². The second-order valence-corrected chi connectivity index (χ2v) is 3.53. The predicted molar refractivity (Wildman–Crippen MR) is 56.8 cm³/mol. The lowest BCUT2D eigenvalue weighted by Crippen LogP contribution is -2.31. The predicted octanol–water partition coefficient (Wildman–Crippen LogP) is 1.81. The minimum atomic E-state index is 1.02. The molecule has 0 aromatic heterocycles. The molecule has 13 heavy (non-hydrogen) atoms. The summed E-state index contributed by atoms with van der Waals surface area (Å²) in [6, 6.07) is 0. The molecule has 3 nitrogen and oxygen atoms in total. The van der Waals surface area contributed by atoms with Crippen molar-refractivity contribution >= 4 is 5.84 Å². The van der Waals surface area contributed by atoms with Gasteiger partial charge in [0.2, 0.25) is 0 Å². The summed E-state index contributed by atoms with van der Waals surface area (Å²) in [6.45, 7) is 7.80. The van der Waals surface area contributed by atoms with Gasteiger partial charge in [0.1, 0.15) is 5.84 Å². The Labute approximate surface area is 81.2 Å². The maximum absolute atomic E-state index is 4.30. The van der Waals surface area contributed by atoms with E-state index in [1.807, 2.05) is 0 Å². The lowest BCUT2D eigenvalue weighted by atomic mass is 10.2. The zero-order valence-electron chi connectivity index (χ0n) is 8.84. The number of nitrogens with one attached hydrogen (secondary N) is 1. The third-order valence-electron chi connectivity index (χ3n) is 2.31. The fraction of sp³-hybridized carbons (Fsp3) is 0.900. The fourth-order valence-corrected chi connectivity index (χ4v) is 1.59. The second kappa shape index (κ2) is 5.84. The maximum atomic E-state index is 4.30. The molecule has 1 rings (SSSR count). The summed E-state index contributed by atoms with van der Waals surface area (Å²) in [4.78, 5) is 2.42. The third kappa shape index (κ3) is 3.25. The maximum Gasteiger partial charge on any atom is 0.126 e. The molecule has 0 saturated carbocycles. The second-order valence-electron chi connectivity index (χ2n) is 3.53. The molecule has 0 unspecified atom stereocenters. The molecule has 0 atom stereocenters. The summed E-state index contributed by atoms with van der Waals surface area (Å²) >= 11 is 0. The molecule has 0 aromatic carbocycles. The molecule has 0 bridgehead atoms. The first-order valence-electron chi connectivity index (χ1n) is 5.42. The van der Waals surface area contributed by atoms with Crippen LogP contribution in [-0.4, -0.2) is 30.4 Å². The number of hydrogen-bond acceptors (Lipinski definition) is 3. The van der Waals surface area contributed by atoms with Gasteiger partial charge < -0.3 is 10.3 Å². The van der Waals surface area contributed by atoms with Crippen LogP contribution in [0.2, 0.25) is 0 Å². The Hall–Kier alpha value is -0.730.